The van der Waals surface area contributed by atoms with E-state index in [1.807, 2.05) is 24.0 Å². The molecule has 0 aromatic carbocycles. The van der Waals surface area contributed by atoms with Gasteiger partial charge in [-0.05, 0) is 55.6 Å². The van der Waals surface area contributed by atoms with Gasteiger partial charge in [0.25, 0.3) is 11.8 Å². The monoisotopic (exact) mass is 419 g/mol. The van der Waals surface area contributed by atoms with Gasteiger partial charge in [0.05, 0.1) is 17.1 Å². The number of nitrogens with zero attached hydrogens (tertiary/aromatic N) is 3. The number of thioether (sulfide) groups is 1. The highest BCUT2D eigenvalue weighted by atomic mass is 35.5. The summed E-state index contributed by atoms with van der Waals surface area (Å²) in [5.41, 5.74) is 2.48. The van der Waals surface area contributed by atoms with Crippen molar-refractivity contribution < 1.29 is 14.0 Å². The molecular formula is C20H22ClN3O3S. The van der Waals surface area contributed by atoms with Gasteiger partial charge < -0.3 is 14.2 Å². The van der Waals surface area contributed by atoms with E-state index in [1.54, 1.807) is 28.8 Å². The van der Waals surface area contributed by atoms with Gasteiger partial charge in [-0.2, -0.15) is 0 Å². The van der Waals surface area contributed by atoms with Crippen molar-refractivity contribution in [1.29, 1.82) is 0 Å². The van der Waals surface area contributed by atoms with Crippen LogP contribution in [0.15, 0.2) is 28.7 Å². The number of carbonyl (C=O) groups excluding carboxylic acids is 2. The molecular weight excluding hydrogens is 398 g/mol. The molecule has 0 N–H and O–H groups in total. The Morgan fingerprint density at radius 3 is 2.54 bits per heavy atom. The Labute approximate surface area is 173 Å². The fourth-order valence-corrected chi connectivity index (χ4v) is 4.85. The summed E-state index contributed by atoms with van der Waals surface area (Å²) in [7, 11) is 0. The van der Waals surface area contributed by atoms with Crippen molar-refractivity contribution in [3.05, 3.63) is 52.2 Å². The normalized spacial score (nSPS) is 17.9. The topological polar surface area (TPSA) is 66.7 Å². The fourth-order valence-electron chi connectivity index (χ4n) is 3.75. The summed E-state index contributed by atoms with van der Waals surface area (Å²) in [6, 6.07) is 6.99. The first-order valence-corrected chi connectivity index (χ1v) is 11.0. The summed E-state index contributed by atoms with van der Waals surface area (Å²) in [5.74, 6) is 2.07. The average Bonchev–Trinajstić information content (AvgIpc) is 3.39. The molecule has 0 unspecified atom stereocenters. The molecule has 4 heterocycles. The highest BCUT2D eigenvalue weighted by Crippen LogP contribution is 2.31. The lowest BCUT2D eigenvalue weighted by Gasteiger charge is -2.32. The van der Waals surface area contributed by atoms with Crippen LogP contribution >= 0.6 is 23.4 Å². The number of furan rings is 1. The zero-order valence-corrected chi connectivity index (χ0v) is 17.3. The SMILES string of the molecule is Cc1ccc(C(=O)N2CCSC2)c(C2CCN(C(=O)c3ccc(Cl)o3)CC2)n1. The lowest BCUT2D eigenvalue weighted by Crippen LogP contribution is -2.38. The smallest absolute Gasteiger partial charge is 0.289 e. The number of pyridine rings is 1. The van der Waals surface area contributed by atoms with E-state index >= 15 is 0 Å². The maximum atomic E-state index is 13.0. The Bertz CT molecular complexity index is 887. The molecule has 6 nitrogen and oxygen atoms in total. The van der Waals surface area contributed by atoms with Crippen LogP contribution in [0.5, 0.6) is 0 Å². The molecule has 2 aromatic rings. The minimum atomic E-state index is -0.145. The molecule has 0 saturated carbocycles. The molecule has 148 valence electrons. The van der Waals surface area contributed by atoms with E-state index in [2.05, 4.69) is 0 Å². The first kappa shape index (κ1) is 19.3. The van der Waals surface area contributed by atoms with Crippen LogP contribution in [0, 0.1) is 6.92 Å². The van der Waals surface area contributed by atoms with Crippen molar-refractivity contribution in [1.82, 2.24) is 14.8 Å². The molecule has 2 saturated heterocycles. The number of amides is 2. The molecule has 0 spiro atoms. The zero-order chi connectivity index (χ0) is 19.7. The number of carbonyl (C=O) groups is 2. The van der Waals surface area contributed by atoms with Crippen LogP contribution in [0.3, 0.4) is 0 Å². The number of likely N-dealkylation sites (tertiary alicyclic amines) is 1. The second kappa shape index (κ2) is 8.17. The number of piperidine rings is 1. The van der Waals surface area contributed by atoms with Gasteiger partial charge >= 0.3 is 0 Å². The number of halogens is 1. The standard InChI is InChI=1S/C20H22ClN3O3S/c1-13-2-3-15(19(25)24-10-11-28-12-24)18(22-13)14-6-8-23(9-7-14)20(26)16-4-5-17(21)27-16/h2-5,14H,6-12H2,1H3. The van der Waals surface area contributed by atoms with Crippen LogP contribution in [-0.4, -0.2) is 57.9 Å². The fraction of sp³-hybridized carbons (Fsp3) is 0.450. The predicted octanol–water partition coefficient (Wildman–Crippen LogP) is 3.80. The predicted molar refractivity (Wildman–Crippen MR) is 109 cm³/mol. The molecule has 0 atom stereocenters. The van der Waals surface area contributed by atoms with E-state index in [1.165, 1.54) is 0 Å². The molecule has 8 heteroatoms. The van der Waals surface area contributed by atoms with Crippen molar-refractivity contribution in [2.45, 2.75) is 25.7 Å². The number of aryl methyl sites for hydroxylation is 1. The van der Waals surface area contributed by atoms with E-state index in [4.69, 9.17) is 21.0 Å². The summed E-state index contributed by atoms with van der Waals surface area (Å²) in [4.78, 5) is 33.9. The van der Waals surface area contributed by atoms with Gasteiger partial charge in [-0.15, -0.1) is 11.8 Å². The van der Waals surface area contributed by atoms with E-state index in [0.29, 0.717) is 18.7 Å². The van der Waals surface area contributed by atoms with Crippen molar-refractivity contribution in [3.8, 4) is 0 Å². The molecule has 2 aromatic heterocycles. The number of hydrogen-bond donors (Lipinski definition) is 0. The maximum Gasteiger partial charge on any atom is 0.289 e. The second-order valence-corrected chi connectivity index (χ2v) is 8.61. The number of hydrogen-bond acceptors (Lipinski definition) is 5. The first-order chi connectivity index (χ1) is 13.5. The summed E-state index contributed by atoms with van der Waals surface area (Å²) in [6.07, 6.45) is 1.54. The van der Waals surface area contributed by atoms with Gasteiger partial charge in [0.2, 0.25) is 0 Å². The van der Waals surface area contributed by atoms with E-state index in [0.717, 1.165) is 42.4 Å². The third kappa shape index (κ3) is 3.91. The summed E-state index contributed by atoms with van der Waals surface area (Å²) >= 11 is 7.55. The van der Waals surface area contributed by atoms with Gasteiger partial charge in [-0.3, -0.25) is 14.6 Å². The van der Waals surface area contributed by atoms with Gasteiger partial charge in [0.15, 0.2) is 11.0 Å². The van der Waals surface area contributed by atoms with Crippen molar-refractivity contribution >= 4 is 35.2 Å². The highest BCUT2D eigenvalue weighted by molar-refractivity contribution is 7.99. The summed E-state index contributed by atoms with van der Waals surface area (Å²) in [6.45, 7) is 3.94. The largest absolute Gasteiger partial charge is 0.440 e. The average molecular weight is 420 g/mol. The highest BCUT2D eigenvalue weighted by Gasteiger charge is 2.31. The van der Waals surface area contributed by atoms with Crippen LogP contribution in [0.2, 0.25) is 5.22 Å². The van der Waals surface area contributed by atoms with Gasteiger partial charge in [0.1, 0.15) is 0 Å². The lowest BCUT2D eigenvalue weighted by molar-refractivity contribution is 0.0677. The first-order valence-electron chi connectivity index (χ1n) is 9.42. The quantitative estimate of drug-likeness (QED) is 0.756. The molecule has 0 bridgehead atoms. The Morgan fingerprint density at radius 1 is 1.11 bits per heavy atom. The van der Waals surface area contributed by atoms with Gasteiger partial charge in [-0.1, -0.05) is 0 Å². The van der Waals surface area contributed by atoms with E-state index < -0.39 is 0 Å². The second-order valence-electron chi connectivity index (χ2n) is 7.16. The van der Waals surface area contributed by atoms with Crippen molar-refractivity contribution in [2.24, 2.45) is 0 Å². The molecule has 28 heavy (non-hydrogen) atoms. The molecule has 2 aliphatic heterocycles. The number of rotatable bonds is 3. The van der Waals surface area contributed by atoms with E-state index in [9.17, 15) is 9.59 Å². The lowest BCUT2D eigenvalue weighted by atomic mass is 9.89. The molecule has 0 radical (unpaired) electrons. The Kier molecular flexibility index (Phi) is 5.64. The van der Waals surface area contributed by atoms with Crippen molar-refractivity contribution in [2.75, 3.05) is 31.3 Å². The van der Waals surface area contributed by atoms with Gasteiger partial charge in [0, 0.05) is 37.0 Å². The van der Waals surface area contributed by atoms with Crippen molar-refractivity contribution in [3.63, 3.8) is 0 Å². The number of aromatic nitrogens is 1. The molecule has 4 rings (SSSR count). The Balaban J connectivity index is 1.49. The molecule has 2 fully saturated rings. The molecule has 2 amide bonds. The summed E-state index contributed by atoms with van der Waals surface area (Å²) in [5, 5.41) is 0.213. The Hall–Kier alpha value is -1.99. The van der Waals surface area contributed by atoms with E-state index in [-0.39, 0.29) is 28.7 Å². The third-order valence-electron chi connectivity index (χ3n) is 5.29. The Morgan fingerprint density at radius 2 is 1.89 bits per heavy atom. The molecule has 2 aliphatic rings. The minimum absolute atomic E-state index is 0.0660. The third-order valence-corrected chi connectivity index (χ3v) is 6.46. The van der Waals surface area contributed by atoms with Gasteiger partial charge in [-0.25, -0.2) is 0 Å². The summed E-state index contributed by atoms with van der Waals surface area (Å²) < 4.78 is 5.24. The van der Waals surface area contributed by atoms with Crippen LogP contribution < -0.4 is 0 Å². The van der Waals surface area contributed by atoms with Crippen LogP contribution in [0.1, 0.15) is 51.1 Å². The van der Waals surface area contributed by atoms with Crippen LogP contribution in [-0.2, 0) is 0 Å². The maximum absolute atomic E-state index is 13.0. The van der Waals surface area contributed by atoms with Crippen LogP contribution in [0.25, 0.3) is 0 Å². The zero-order valence-electron chi connectivity index (χ0n) is 15.7. The molecule has 0 aliphatic carbocycles. The van der Waals surface area contributed by atoms with Crippen LogP contribution in [0.4, 0.5) is 0 Å². The minimum Gasteiger partial charge on any atom is -0.440 e.